The summed E-state index contributed by atoms with van der Waals surface area (Å²) in [5, 5.41) is 8.94. The van der Waals surface area contributed by atoms with E-state index in [1.54, 1.807) is 49.4 Å². The van der Waals surface area contributed by atoms with Gasteiger partial charge in [0, 0.05) is 12.1 Å². The Morgan fingerprint density at radius 2 is 1.68 bits per heavy atom. The number of rotatable bonds is 9. The lowest BCUT2D eigenvalue weighted by Gasteiger charge is -2.13. The third-order valence-electron chi connectivity index (χ3n) is 5.51. The summed E-state index contributed by atoms with van der Waals surface area (Å²) in [5.74, 6) is 0.173. The van der Waals surface area contributed by atoms with Crippen molar-refractivity contribution < 1.29 is 27.8 Å². The fourth-order valence-electron chi connectivity index (χ4n) is 3.99. The summed E-state index contributed by atoms with van der Waals surface area (Å²) in [6, 6.07) is 13.5. The van der Waals surface area contributed by atoms with Crippen LogP contribution in [0.2, 0.25) is 0 Å². The molecule has 2 aromatic carbocycles. The minimum Gasteiger partial charge on any atom is -0.449 e. The Morgan fingerprint density at radius 1 is 1.00 bits per heavy atom. The second-order valence-corrected chi connectivity index (χ2v) is 7.98. The van der Waals surface area contributed by atoms with E-state index in [0.29, 0.717) is 36.0 Å². The summed E-state index contributed by atoms with van der Waals surface area (Å²) in [6.45, 7) is 3.67. The number of carboxylic acid groups (broad SMARTS) is 1. The van der Waals surface area contributed by atoms with Gasteiger partial charge in [0.15, 0.2) is 0 Å². The molecule has 1 aromatic heterocycles. The van der Waals surface area contributed by atoms with Gasteiger partial charge < -0.3 is 9.84 Å². The van der Waals surface area contributed by atoms with Gasteiger partial charge in [0.1, 0.15) is 11.4 Å². The molecule has 0 atom stereocenters. The zero-order chi connectivity index (χ0) is 24.9. The maximum atomic E-state index is 13.9. The van der Waals surface area contributed by atoms with Crippen LogP contribution in [0, 0.1) is 0 Å². The number of aromatic nitrogens is 2. The lowest BCUT2D eigenvalue weighted by Crippen LogP contribution is -2.27. The number of alkyl halides is 3. The number of ether oxygens (including phenoxy) is 1. The first-order valence-corrected chi connectivity index (χ1v) is 11.2. The van der Waals surface area contributed by atoms with Gasteiger partial charge >= 0.3 is 18.0 Å². The predicted molar refractivity (Wildman–Crippen MR) is 122 cm³/mol. The Morgan fingerprint density at radius 3 is 2.26 bits per heavy atom. The Hall–Kier alpha value is -3.49. The molecule has 0 bridgehead atoms. The minimum absolute atomic E-state index is 0.000355. The number of carbonyl (C=O) groups is 1. The van der Waals surface area contributed by atoms with Crippen LogP contribution in [-0.4, -0.2) is 20.4 Å². The highest BCUT2D eigenvalue weighted by atomic mass is 19.4. The van der Waals surface area contributed by atoms with E-state index in [1.165, 1.54) is 10.6 Å². The Bertz CT molecular complexity index is 1190. The molecule has 0 aliphatic heterocycles. The van der Waals surface area contributed by atoms with E-state index in [2.05, 4.69) is 0 Å². The van der Waals surface area contributed by atoms with E-state index in [0.717, 1.165) is 4.57 Å². The van der Waals surface area contributed by atoms with Crippen LogP contribution in [0.1, 0.15) is 50.1 Å². The van der Waals surface area contributed by atoms with E-state index >= 15 is 0 Å². The van der Waals surface area contributed by atoms with Crippen molar-refractivity contribution in [1.82, 2.24) is 9.13 Å². The van der Waals surface area contributed by atoms with Crippen molar-refractivity contribution in [3.8, 4) is 16.9 Å². The number of nitrogens with zero attached hydrogens (tertiary/aromatic N) is 2. The molecule has 182 valence electrons. The fourth-order valence-corrected chi connectivity index (χ4v) is 3.99. The summed E-state index contributed by atoms with van der Waals surface area (Å²) in [7, 11) is 0. The lowest BCUT2D eigenvalue weighted by molar-refractivity contribution is -0.144. The quantitative estimate of drug-likeness (QED) is 0.295. The van der Waals surface area contributed by atoms with Gasteiger partial charge in [-0.1, -0.05) is 69.2 Å². The van der Waals surface area contributed by atoms with Gasteiger partial charge in [-0.05, 0) is 30.0 Å². The van der Waals surface area contributed by atoms with Crippen LogP contribution in [0.4, 0.5) is 18.0 Å². The molecule has 1 N–H and O–H groups in total. The van der Waals surface area contributed by atoms with Gasteiger partial charge in [0.2, 0.25) is 0 Å². The fraction of sp³-hybridized carbons (Fsp3) is 0.360. The summed E-state index contributed by atoms with van der Waals surface area (Å²) >= 11 is 0. The van der Waals surface area contributed by atoms with Crippen LogP contribution in [0.25, 0.3) is 11.1 Å². The minimum atomic E-state index is -4.62. The van der Waals surface area contributed by atoms with E-state index < -0.39 is 23.7 Å². The van der Waals surface area contributed by atoms with Gasteiger partial charge in [-0.3, -0.25) is 9.13 Å². The molecule has 0 amide bonds. The molecule has 3 aromatic rings. The third kappa shape index (κ3) is 5.52. The number of unbranched alkanes of at least 4 members (excludes halogenated alkanes) is 1. The van der Waals surface area contributed by atoms with Gasteiger partial charge in [-0.25, -0.2) is 9.59 Å². The number of hydrogen-bond acceptors (Lipinski definition) is 3. The molecule has 0 spiro atoms. The molecule has 0 unspecified atom stereocenters. The summed E-state index contributed by atoms with van der Waals surface area (Å²) < 4.78 is 48.7. The molecule has 0 fully saturated rings. The predicted octanol–water partition coefficient (Wildman–Crippen LogP) is 6.19. The normalized spacial score (nSPS) is 11.6. The molecule has 3 rings (SSSR count). The molecule has 0 aliphatic rings. The van der Waals surface area contributed by atoms with Gasteiger partial charge in [0.25, 0.3) is 0 Å². The maximum absolute atomic E-state index is 13.9. The highest BCUT2D eigenvalue weighted by molar-refractivity contribution is 5.74. The average Bonchev–Trinajstić information content (AvgIpc) is 3.04. The molecule has 9 heteroatoms. The summed E-state index contributed by atoms with van der Waals surface area (Å²) in [6.07, 6.45) is -4.29. The van der Waals surface area contributed by atoms with Gasteiger partial charge in [-0.15, -0.1) is 0 Å². The maximum Gasteiger partial charge on any atom is 0.511 e. The summed E-state index contributed by atoms with van der Waals surface area (Å²) in [4.78, 5) is 24.0. The monoisotopic (exact) mass is 476 g/mol. The van der Waals surface area contributed by atoms with Crippen molar-refractivity contribution in [2.45, 2.75) is 58.8 Å². The Balaban J connectivity index is 2.00. The van der Waals surface area contributed by atoms with E-state index in [1.807, 2.05) is 6.92 Å². The first kappa shape index (κ1) is 25.1. The largest absolute Gasteiger partial charge is 0.511 e. The van der Waals surface area contributed by atoms with Crippen molar-refractivity contribution in [1.29, 1.82) is 0 Å². The standard InChI is InChI=1S/C25H27F3N2O4/c1-3-5-15-29-22(25(26,27)28)20(8-4-2)30(23(29)31)16-17-11-13-18(14-12-17)19-9-6-7-10-21(19)34-24(32)33/h6-7,9-14H,3-5,8,15-16H2,1-2H3,(H,32,33). The molecule has 0 saturated carbocycles. The number of para-hydroxylation sites is 1. The van der Waals surface area contributed by atoms with Crippen LogP contribution in [-0.2, 0) is 25.7 Å². The van der Waals surface area contributed by atoms with E-state index in [9.17, 15) is 22.8 Å². The summed E-state index contributed by atoms with van der Waals surface area (Å²) in [5.41, 5.74) is 0.378. The van der Waals surface area contributed by atoms with E-state index in [4.69, 9.17) is 9.84 Å². The molecule has 0 aliphatic carbocycles. The lowest BCUT2D eigenvalue weighted by atomic mass is 10.0. The Labute approximate surface area is 195 Å². The van der Waals surface area contributed by atoms with Crippen LogP contribution in [0.3, 0.4) is 0 Å². The highest BCUT2D eigenvalue weighted by Gasteiger charge is 2.40. The van der Waals surface area contributed by atoms with Crippen molar-refractivity contribution in [2.24, 2.45) is 0 Å². The molecule has 0 radical (unpaired) electrons. The van der Waals surface area contributed by atoms with Crippen LogP contribution in [0.5, 0.6) is 5.75 Å². The molecule has 34 heavy (non-hydrogen) atoms. The number of halogens is 3. The first-order valence-electron chi connectivity index (χ1n) is 11.2. The molecular weight excluding hydrogens is 449 g/mol. The molecule has 0 saturated heterocycles. The van der Waals surface area contributed by atoms with Crippen LogP contribution >= 0.6 is 0 Å². The molecular formula is C25H27F3N2O4. The highest BCUT2D eigenvalue weighted by Crippen LogP contribution is 2.33. The topological polar surface area (TPSA) is 73.5 Å². The zero-order valence-electron chi connectivity index (χ0n) is 19.1. The second kappa shape index (κ2) is 10.6. The Kier molecular flexibility index (Phi) is 7.86. The first-order chi connectivity index (χ1) is 16.2. The van der Waals surface area contributed by atoms with Crippen molar-refractivity contribution in [2.75, 3.05) is 0 Å². The number of benzene rings is 2. The average molecular weight is 476 g/mol. The zero-order valence-corrected chi connectivity index (χ0v) is 19.1. The van der Waals surface area contributed by atoms with E-state index in [-0.39, 0.29) is 31.0 Å². The van der Waals surface area contributed by atoms with Crippen LogP contribution < -0.4 is 10.4 Å². The van der Waals surface area contributed by atoms with Crippen molar-refractivity contribution in [3.05, 3.63) is 76.0 Å². The SMILES string of the molecule is CCCCn1c(C(F)(F)F)c(CCC)n(Cc2ccc(-c3ccccc3OC(=O)O)cc2)c1=O. The third-order valence-corrected chi connectivity index (χ3v) is 5.51. The van der Waals surface area contributed by atoms with Crippen molar-refractivity contribution >= 4 is 6.16 Å². The van der Waals surface area contributed by atoms with Gasteiger partial charge in [-0.2, -0.15) is 13.2 Å². The smallest absolute Gasteiger partial charge is 0.449 e. The van der Waals surface area contributed by atoms with Crippen LogP contribution in [0.15, 0.2) is 53.3 Å². The van der Waals surface area contributed by atoms with Crippen molar-refractivity contribution in [3.63, 3.8) is 0 Å². The molecule has 1 heterocycles. The molecule has 6 nitrogen and oxygen atoms in total. The number of imidazole rings is 1. The van der Waals surface area contributed by atoms with Gasteiger partial charge in [0.05, 0.1) is 12.2 Å². The number of hydrogen-bond donors (Lipinski definition) is 1. The second-order valence-electron chi connectivity index (χ2n) is 7.98.